The molecule has 1 aromatic carbocycles. The first-order chi connectivity index (χ1) is 10.5. The molecule has 1 amide bonds. The molecule has 0 aliphatic rings. The number of benzene rings is 1. The third kappa shape index (κ3) is 4.34. The Balaban J connectivity index is 2.05. The summed E-state index contributed by atoms with van der Waals surface area (Å²) < 4.78 is 0. The molecule has 4 heteroatoms. The van der Waals surface area contributed by atoms with Crippen molar-refractivity contribution >= 4 is 17.4 Å². The molecule has 3 nitrogen and oxygen atoms in total. The summed E-state index contributed by atoms with van der Waals surface area (Å²) in [5.41, 5.74) is 3.61. The Labute approximate surface area is 136 Å². The molecule has 0 spiro atoms. The summed E-state index contributed by atoms with van der Waals surface area (Å²) in [5, 5.41) is 13.5. The fourth-order valence-electron chi connectivity index (χ4n) is 2.54. The molecule has 1 heterocycles. The molecule has 0 saturated heterocycles. The molecular formula is C18H23NO2S. The highest BCUT2D eigenvalue weighted by molar-refractivity contribution is 7.08. The molecule has 0 bridgehead atoms. The lowest BCUT2D eigenvalue weighted by Gasteiger charge is -2.25. The smallest absolute Gasteiger partial charge is 0.407 e. The van der Waals surface area contributed by atoms with Crippen LogP contribution >= 0.6 is 11.3 Å². The third-order valence-corrected chi connectivity index (χ3v) is 4.37. The van der Waals surface area contributed by atoms with Gasteiger partial charge in [-0.05, 0) is 45.4 Å². The van der Waals surface area contributed by atoms with Crippen molar-refractivity contribution in [1.29, 1.82) is 0 Å². The average molecular weight is 317 g/mol. The van der Waals surface area contributed by atoms with Crippen molar-refractivity contribution in [2.45, 2.75) is 26.7 Å². The lowest BCUT2D eigenvalue weighted by molar-refractivity contribution is 0.136. The van der Waals surface area contributed by atoms with E-state index in [0.717, 1.165) is 0 Å². The minimum atomic E-state index is -0.838. The first-order valence-electron chi connectivity index (χ1n) is 7.57. The number of carbonyl (C=O) groups is 1. The van der Waals surface area contributed by atoms with Gasteiger partial charge in [-0.2, -0.15) is 11.3 Å². The largest absolute Gasteiger partial charge is 0.465 e. The standard InChI is InChI=1S/C18H23NO2S/c1-13(2)10-19(18(20)21)11-14(3)15-4-6-16(7-5-15)17-8-9-22-12-17/h4-9,12-14H,10-11H2,1-3H3,(H,20,21). The number of nitrogens with zero attached hydrogens (tertiary/aromatic N) is 1. The highest BCUT2D eigenvalue weighted by atomic mass is 32.1. The Morgan fingerprint density at radius 3 is 2.27 bits per heavy atom. The molecule has 1 unspecified atom stereocenters. The van der Waals surface area contributed by atoms with Crippen molar-refractivity contribution in [1.82, 2.24) is 4.90 Å². The second kappa shape index (κ2) is 7.45. The SMILES string of the molecule is CC(C)CN(CC(C)c1ccc(-c2ccsc2)cc1)C(=O)O. The van der Waals surface area contributed by atoms with Gasteiger partial charge in [0.2, 0.25) is 0 Å². The summed E-state index contributed by atoms with van der Waals surface area (Å²) in [6.07, 6.45) is -0.838. The van der Waals surface area contributed by atoms with Crippen LogP contribution in [0.3, 0.4) is 0 Å². The lowest BCUT2D eigenvalue weighted by Crippen LogP contribution is -2.35. The molecule has 0 fully saturated rings. The van der Waals surface area contributed by atoms with Crippen molar-refractivity contribution in [2.24, 2.45) is 5.92 Å². The molecule has 2 aromatic rings. The molecule has 22 heavy (non-hydrogen) atoms. The summed E-state index contributed by atoms with van der Waals surface area (Å²) >= 11 is 1.69. The summed E-state index contributed by atoms with van der Waals surface area (Å²) in [5.74, 6) is 0.524. The molecule has 0 aliphatic heterocycles. The molecule has 118 valence electrons. The van der Waals surface area contributed by atoms with Gasteiger partial charge in [-0.1, -0.05) is 45.0 Å². The zero-order chi connectivity index (χ0) is 16.1. The van der Waals surface area contributed by atoms with Crippen LogP contribution in [0.2, 0.25) is 0 Å². The van der Waals surface area contributed by atoms with E-state index >= 15 is 0 Å². The number of hydrogen-bond acceptors (Lipinski definition) is 2. The Morgan fingerprint density at radius 1 is 1.09 bits per heavy atom. The van der Waals surface area contributed by atoms with E-state index in [0.29, 0.717) is 19.0 Å². The minimum Gasteiger partial charge on any atom is -0.465 e. The minimum absolute atomic E-state index is 0.186. The van der Waals surface area contributed by atoms with Crippen LogP contribution in [0.25, 0.3) is 11.1 Å². The van der Waals surface area contributed by atoms with Gasteiger partial charge in [0.05, 0.1) is 0 Å². The van der Waals surface area contributed by atoms with Gasteiger partial charge < -0.3 is 10.0 Å². The van der Waals surface area contributed by atoms with Gasteiger partial charge in [-0.25, -0.2) is 4.79 Å². The normalized spacial score (nSPS) is 12.4. The number of hydrogen-bond donors (Lipinski definition) is 1. The molecule has 0 aliphatic carbocycles. The molecule has 1 atom stereocenters. The molecule has 2 rings (SSSR count). The number of amides is 1. The lowest BCUT2D eigenvalue weighted by atomic mass is 9.97. The van der Waals surface area contributed by atoms with E-state index in [1.165, 1.54) is 21.6 Å². The van der Waals surface area contributed by atoms with E-state index in [-0.39, 0.29) is 5.92 Å². The topological polar surface area (TPSA) is 40.5 Å². The molecule has 0 saturated carbocycles. The summed E-state index contributed by atoms with van der Waals surface area (Å²) in [7, 11) is 0. The van der Waals surface area contributed by atoms with E-state index in [2.05, 4.69) is 48.0 Å². The van der Waals surface area contributed by atoms with Crippen LogP contribution in [0.1, 0.15) is 32.3 Å². The Bertz CT molecular complexity index is 590. The predicted molar refractivity (Wildman–Crippen MR) is 92.6 cm³/mol. The Hall–Kier alpha value is -1.81. The maximum Gasteiger partial charge on any atom is 0.407 e. The summed E-state index contributed by atoms with van der Waals surface area (Å²) in [6, 6.07) is 10.5. The first kappa shape index (κ1) is 16.6. The number of thiophene rings is 1. The molecular weight excluding hydrogens is 294 g/mol. The number of rotatable bonds is 6. The predicted octanol–water partition coefficient (Wildman–Crippen LogP) is 5.15. The van der Waals surface area contributed by atoms with Gasteiger partial charge in [0.25, 0.3) is 0 Å². The average Bonchev–Trinajstić information content (AvgIpc) is 3.00. The van der Waals surface area contributed by atoms with Crippen molar-refractivity contribution < 1.29 is 9.90 Å². The van der Waals surface area contributed by atoms with Crippen LogP contribution < -0.4 is 0 Å². The highest BCUT2D eigenvalue weighted by Gasteiger charge is 2.17. The molecule has 1 aromatic heterocycles. The van der Waals surface area contributed by atoms with E-state index in [1.807, 2.05) is 13.8 Å². The van der Waals surface area contributed by atoms with E-state index in [1.54, 1.807) is 11.3 Å². The molecule has 0 radical (unpaired) electrons. The van der Waals surface area contributed by atoms with E-state index < -0.39 is 6.09 Å². The second-order valence-electron chi connectivity index (χ2n) is 6.12. The van der Waals surface area contributed by atoms with Gasteiger partial charge in [-0.15, -0.1) is 0 Å². The summed E-state index contributed by atoms with van der Waals surface area (Å²) in [6.45, 7) is 7.26. The van der Waals surface area contributed by atoms with E-state index in [4.69, 9.17) is 0 Å². The third-order valence-electron chi connectivity index (χ3n) is 3.68. The van der Waals surface area contributed by atoms with Crippen LogP contribution in [0.15, 0.2) is 41.1 Å². The van der Waals surface area contributed by atoms with Crippen molar-refractivity contribution in [3.05, 3.63) is 46.7 Å². The Kier molecular flexibility index (Phi) is 5.61. The van der Waals surface area contributed by atoms with Gasteiger partial charge in [0.1, 0.15) is 0 Å². The maximum absolute atomic E-state index is 11.3. The van der Waals surface area contributed by atoms with Gasteiger partial charge in [0.15, 0.2) is 0 Å². The maximum atomic E-state index is 11.3. The zero-order valence-electron chi connectivity index (χ0n) is 13.3. The quantitative estimate of drug-likeness (QED) is 0.800. The van der Waals surface area contributed by atoms with Crippen molar-refractivity contribution in [3.8, 4) is 11.1 Å². The van der Waals surface area contributed by atoms with Gasteiger partial charge in [0, 0.05) is 13.1 Å². The van der Waals surface area contributed by atoms with E-state index in [9.17, 15) is 9.90 Å². The van der Waals surface area contributed by atoms with Crippen LogP contribution in [0.4, 0.5) is 4.79 Å². The van der Waals surface area contributed by atoms with Crippen molar-refractivity contribution in [2.75, 3.05) is 13.1 Å². The second-order valence-corrected chi connectivity index (χ2v) is 6.90. The Morgan fingerprint density at radius 2 is 1.77 bits per heavy atom. The van der Waals surface area contributed by atoms with Gasteiger partial charge in [-0.3, -0.25) is 0 Å². The zero-order valence-corrected chi connectivity index (χ0v) is 14.1. The van der Waals surface area contributed by atoms with Crippen LogP contribution in [0, 0.1) is 5.92 Å². The van der Waals surface area contributed by atoms with Crippen LogP contribution in [-0.4, -0.2) is 29.2 Å². The molecule has 1 N–H and O–H groups in total. The first-order valence-corrected chi connectivity index (χ1v) is 8.52. The van der Waals surface area contributed by atoms with Crippen LogP contribution in [-0.2, 0) is 0 Å². The highest BCUT2D eigenvalue weighted by Crippen LogP contribution is 2.25. The van der Waals surface area contributed by atoms with Crippen molar-refractivity contribution in [3.63, 3.8) is 0 Å². The fourth-order valence-corrected chi connectivity index (χ4v) is 3.21. The van der Waals surface area contributed by atoms with Crippen LogP contribution in [0.5, 0.6) is 0 Å². The fraction of sp³-hybridized carbons (Fsp3) is 0.389. The monoisotopic (exact) mass is 317 g/mol. The number of carboxylic acid groups (broad SMARTS) is 1. The summed E-state index contributed by atoms with van der Waals surface area (Å²) in [4.78, 5) is 12.9. The van der Waals surface area contributed by atoms with Gasteiger partial charge >= 0.3 is 6.09 Å².